The molecule has 0 spiro atoms. The first-order chi connectivity index (χ1) is 14.6. The molecule has 170 valence electrons. The van der Waals surface area contributed by atoms with Crippen molar-refractivity contribution in [2.75, 3.05) is 0 Å². The average Bonchev–Trinajstić information content (AvgIpc) is 2.65. The Hall–Kier alpha value is -3.15. The summed E-state index contributed by atoms with van der Waals surface area (Å²) in [5.41, 5.74) is -0.830. The second kappa shape index (κ2) is 7.76. The molecule has 0 saturated carbocycles. The first kappa shape index (κ1) is 23.5. The van der Waals surface area contributed by atoms with E-state index in [1.165, 1.54) is 0 Å². The number of rotatable bonds is 5. The highest BCUT2D eigenvalue weighted by molar-refractivity contribution is 7.89. The smallest absolute Gasteiger partial charge is 0.298 e. The summed E-state index contributed by atoms with van der Waals surface area (Å²) in [6.45, 7) is 0. The van der Waals surface area contributed by atoms with Gasteiger partial charge in [-0.1, -0.05) is 6.07 Å². The number of nitrogens with zero attached hydrogens (tertiary/aromatic N) is 2. The number of hydrogen-bond donors (Lipinski definition) is 5. The molecule has 0 unspecified atom stereocenters. The number of phenols is 2. The zero-order valence-corrected chi connectivity index (χ0v) is 17.9. The molecule has 13 nitrogen and oxygen atoms in total. The fourth-order valence-electron chi connectivity index (χ4n) is 2.66. The Balaban J connectivity index is 2.26. The number of primary sulfonamides is 1. The highest BCUT2D eigenvalue weighted by Crippen LogP contribution is 2.42. The number of benzene rings is 3. The first-order valence-corrected chi connectivity index (χ1v) is 12.5. The van der Waals surface area contributed by atoms with E-state index in [2.05, 4.69) is 10.2 Å². The van der Waals surface area contributed by atoms with Crippen LogP contribution in [0.5, 0.6) is 11.5 Å². The lowest BCUT2D eigenvalue weighted by Crippen LogP contribution is -2.11. The molecule has 0 aromatic heterocycles. The topological polar surface area (TPSA) is 234 Å². The zero-order valence-electron chi connectivity index (χ0n) is 15.5. The SMILES string of the molecule is NS(=O)(=O)c1ccc(N=Nc2c(O)c(S(=O)(=O)O)cc3cc(S(=O)(=O)O)ccc23)c(O)c1. The molecule has 16 heteroatoms. The molecule has 0 amide bonds. The second-order valence-corrected chi connectivity index (χ2v) is 10.7. The van der Waals surface area contributed by atoms with Gasteiger partial charge in [-0.3, -0.25) is 9.11 Å². The van der Waals surface area contributed by atoms with Crippen molar-refractivity contribution in [3.63, 3.8) is 0 Å². The molecule has 32 heavy (non-hydrogen) atoms. The van der Waals surface area contributed by atoms with Gasteiger partial charge in [0.15, 0.2) is 5.75 Å². The number of nitrogens with two attached hydrogens (primary N) is 1. The summed E-state index contributed by atoms with van der Waals surface area (Å²) in [4.78, 5) is -2.05. The van der Waals surface area contributed by atoms with Gasteiger partial charge in [0.05, 0.1) is 9.79 Å². The lowest BCUT2D eigenvalue weighted by atomic mass is 10.1. The van der Waals surface area contributed by atoms with Crippen molar-refractivity contribution >= 4 is 52.4 Å². The van der Waals surface area contributed by atoms with Crippen LogP contribution in [0.4, 0.5) is 11.4 Å². The van der Waals surface area contributed by atoms with E-state index in [9.17, 15) is 44.6 Å². The first-order valence-electron chi connectivity index (χ1n) is 8.11. The summed E-state index contributed by atoms with van der Waals surface area (Å²) >= 11 is 0. The molecule has 0 aliphatic rings. The molecule has 0 fully saturated rings. The van der Waals surface area contributed by atoms with Crippen LogP contribution in [0.15, 0.2) is 67.4 Å². The molecular formula is C16H13N3O10S3. The summed E-state index contributed by atoms with van der Waals surface area (Å²) in [5, 5.41) is 32.4. The van der Waals surface area contributed by atoms with Gasteiger partial charge in [0, 0.05) is 11.5 Å². The third-order valence-corrected chi connectivity index (χ3v) is 6.76. The molecule has 0 aliphatic heterocycles. The lowest BCUT2D eigenvalue weighted by molar-refractivity contribution is 0.444. The van der Waals surface area contributed by atoms with E-state index in [-0.39, 0.29) is 16.5 Å². The summed E-state index contributed by atoms with van der Waals surface area (Å²) in [7, 11) is -13.8. The maximum absolute atomic E-state index is 11.6. The largest absolute Gasteiger partial charge is 0.506 e. The predicted molar refractivity (Wildman–Crippen MR) is 109 cm³/mol. The maximum atomic E-state index is 11.6. The Morgan fingerprint density at radius 3 is 1.91 bits per heavy atom. The van der Waals surface area contributed by atoms with Crippen molar-refractivity contribution in [3.8, 4) is 11.5 Å². The van der Waals surface area contributed by atoms with Crippen LogP contribution < -0.4 is 5.14 Å². The predicted octanol–water partition coefficient (Wildman–Crippen LogP) is 1.81. The Kier molecular flexibility index (Phi) is 5.71. The van der Waals surface area contributed by atoms with E-state index < -0.39 is 62.1 Å². The molecule has 3 rings (SSSR count). The summed E-state index contributed by atoms with van der Waals surface area (Å²) in [6, 6.07) is 6.48. The molecule has 3 aromatic rings. The highest BCUT2D eigenvalue weighted by atomic mass is 32.2. The fourth-order valence-corrected chi connectivity index (χ4v) is 4.32. The normalized spacial score (nSPS) is 13.1. The second-order valence-electron chi connectivity index (χ2n) is 6.30. The standard InChI is InChI=1S/C16H13N3O10S3/c17-30(22,23)9-2-4-12(13(20)7-9)18-19-15-11-3-1-10(31(24,25)26)5-8(11)6-14(16(15)21)32(27,28)29/h1-7,20-21H,(H2,17,22,23)(H,24,25,26)(H,27,28,29). The summed E-state index contributed by atoms with van der Waals surface area (Å²) < 4.78 is 87.3. The number of aromatic hydroxyl groups is 2. The fraction of sp³-hybridized carbons (Fsp3) is 0. The molecule has 0 saturated heterocycles. The van der Waals surface area contributed by atoms with Gasteiger partial charge < -0.3 is 10.2 Å². The minimum absolute atomic E-state index is 0.0355. The quantitative estimate of drug-likeness (QED) is 0.250. The van der Waals surface area contributed by atoms with Crippen molar-refractivity contribution in [3.05, 3.63) is 42.5 Å². The lowest BCUT2D eigenvalue weighted by Gasteiger charge is -2.09. The molecule has 0 bridgehead atoms. The number of hydrogen-bond acceptors (Lipinski definition) is 10. The van der Waals surface area contributed by atoms with Crippen LogP contribution >= 0.6 is 0 Å². The van der Waals surface area contributed by atoms with Crippen molar-refractivity contribution in [1.82, 2.24) is 0 Å². The van der Waals surface area contributed by atoms with Crippen molar-refractivity contribution in [1.29, 1.82) is 0 Å². The Labute approximate surface area is 181 Å². The van der Waals surface area contributed by atoms with E-state index in [1.54, 1.807) is 0 Å². The van der Waals surface area contributed by atoms with Crippen molar-refractivity contribution < 1.29 is 44.6 Å². The molecule has 3 aromatic carbocycles. The van der Waals surface area contributed by atoms with E-state index in [4.69, 9.17) is 5.14 Å². The third kappa shape index (κ3) is 4.69. The Morgan fingerprint density at radius 1 is 0.750 bits per heavy atom. The van der Waals surface area contributed by atoms with E-state index in [0.29, 0.717) is 0 Å². The Bertz CT molecular complexity index is 1610. The maximum Gasteiger partial charge on any atom is 0.298 e. The number of sulfonamides is 1. The van der Waals surface area contributed by atoms with Crippen LogP contribution in [-0.2, 0) is 30.3 Å². The van der Waals surface area contributed by atoms with Gasteiger partial charge >= 0.3 is 0 Å². The Morgan fingerprint density at radius 2 is 1.38 bits per heavy atom. The molecular weight excluding hydrogens is 490 g/mol. The number of fused-ring (bicyclic) bond motifs is 1. The highest BCUT2D eigenvalue weighted by Gasteiger charge is 2.23. The van der Waals surface area contributed by atoms with E-state index in [1.807, 2.05) is 0 Å². The molecule has 0 atom stereocenters. The van der Waals surface area contributed by atoms with E-state index >= 15 is 0 Å². The van der Waals surface area contributed by atoms with Crippen LogP contribution in [-0.4, -0.2) is 44.6 Å². The van der Waals surface area contributed by atoms with Gasteiger partial charge in [0.25, 0.3) is 20.2 Å². The van der Waals surface area contributed by atoms with Gasteiger partial charge in [-0.2, -0.15) is 16.8 Å². The summed E-state index contributed by atoms with van der Waals surface area (Å²) in [5.74, 6) is -1.70. The monoisotopic (exact) mass is 503 g/mol. The van der Waals surface area contributed by atoms with E-state index in [0.717, 1.165) is 42.5 Å². The number of phenolic OH excluding ortho intramolecular Hbond substituents is 2. The summed E-state index contributed by atoms with van der Waals surface area (Å²) in [6.07, 6.45) is 0. The number of azo groups is 1. The minimum Gasteiger partial charge on any atom is -0.506 e. The van der Waals surface area contributed by atoms with Crippen LogP contribution in [0.2, 0.25) is 0 Å². The van der Waals surface area contributed by atoms with Gasteiger partial charge in [0.2, 0.25) is 10.0 Å². The molecule has 0 radical (unpaired) electrons. The average molecular weight is 503 g/mol. The van der Waals surface area contributed by atoms with Gasteiger partial charge in [-0.25, -0.2) is 13.6 Å². The van der Waals surface area contributed by atoms with Gasteiger partial charge in [-0.05, 0) is 35.7 Å². The molecule has 0 aliphatic carbocycles. The minimum atomic E-state index is -5.00. The van der Waals surface area contributed by atoms with Crippen molar-refractivity contribution in [2.45, 2.75) is 14.7 Å². The van der Waals surface area contributed by atoms with Crippen LogP contribution in [0.25, 0.3) is 10.8 Å². The van der Waals surface area contributed by atoms with Crippen LogP contribution in [0.3, 0.4) is 0 Å². The third-order valence-electron chi connectivity index (χ3n) is 4.13. The zero-order chi connectivity index (χ0) is 24.1. The van der Waals surface area contributed by atoms with Crippen molar-refractivity contribution in [2.24, 2.45) is 15.4 Å². The van der Waals surface area contributed by atoms with Gasteiger partial charge in [-0.15, -0.1) is 10.2 Å². The van der Waals surface area contributed by atoms with Crippen LogP contribution in [0, 0.1) is 0 Å². The van der Waals surface area contributed by atoms with Gasteiger partial charge in [0.1, 0.15) is 22.0 Å². The molecule has 6 N–H and O–H groups in total. The van der Waals surface area contributed by atoms with Crippen LogP contribution in [0.1, 0.15) is 0 Å². The molecule has 0 heterocycles.